The first-order chi connectivity index (χ1) is 10.1. The third kappa shape index (κ3) is 3.05. The number of aromatic amines is 2. The summed E-state index contributed by atoms with van der Waals surface area (Å²) in [7, 11) is 1.92. The van der Waals surface area contributed by atoms with Crippen LogP contribution in [-0.4, -0.2) is 26.3 Å². The lowest BCUT2D eigenvalue weighted by molar-refractivity contribution is 0.571. The average Bonchev–Trinajstić information content (AvgIpc) is 3.02. The van der Waals surface area contributed by atoms with E-state index >= 15 is 0 Å². The molecule has 0 aliphatic carbocycles. The molecule has 0 fully saturated rings. The second kappa shape index (κ2) is 5.57. The van der Waals surface area contributed by atoms with Crippen molar-refractivity contribution < 1.29 is 0 Å². The van der Waals surface area contributed by atoms with Crippen molar-refractivity contribution >= 4 is 11.0 Å². The van der Waals surface area contributed by atoms with Crippen molar-refractivity contribution in [3.05, 3.63) is 52.2 Å². The molecule has 0 aliphatic rings. The van der Waals surface area contributed by atoms with Gasteiger partial charge in [-0.05, 0) is 30.7 Å². The van der Waals surface area contributed by atoms with E-state index in [4.69, 9.17) is 0 Å². The molecule has 1 aromatic carbocycles. The van der Waals surface area contributed by atoms with E-state index in [1.807, 2.05) is 42.2 Å². The molecule has 0 radical (unpaired) electrons. The molecular weight excluding hydrogens is 266 g/mol. The summed E-state index contributed by atoms with van der Waals surface area (Å²) in [5.74, 6) is 0. The lowest BCUT2D eigenvalue weighted by atomic mass is 10.1. The Bertz CT molecular complexity index is 798. The fraction of sp³-hybridized carbons (Fsp3) is 0.333. The molecule has 0 amide bonds. The van der Waals surface area contributed by atoms with Gasteiger partial charge >= 0.3 is 5.69 Å². The molecule has 2 heterocycles. The number of nitrogens with one attached hydrogen (secondary N) is 3. The van der Waals surface area contributed by atoms with Crippen LogP contribution in [-0.2, 0) is 13.5 Å². The summed E-state index contributed by atoms with van der Waals surface area (Å²) < 4.78 is 1.81. The van der Waals surface area contributed by atoms with Gasteiger partial charge in [0.25, 0.3) is 0 Å². The monoisotopic (exact) mass is 285 g/mol. The first-order valence-electron chi connectivity index (χ1n) is 7.05. The lowest BCUT2D eigenvalue weighted by Gasteiger charge is -2.13. The Morgan fingerprint density at radius 1 is 1.29 bits per heavy atom. The number of imidazole rings is 1. The minimum Gasteiger partial charge on any atom is -0.310 e. The lowest BCUT2D eigenvalue weighted by Crippen LogP contribution is -2.21. The second-order valence-corrected chi connectivity index (χ2v) is 5.29. The number of rotatable bonds is 5. The second-order valence-electron chi connectivity index (χ2n) is 5.29. The zero-order valence-corrected chi connectivity index (χ0v) is 12.2. The number of fused-ring (bicyclic) bond motifs is 1. The van der Waals surface area contributed by atoms with Crippen molar-refractivity contribution in [3.63, 3.8) is 0 Å². The number of H-pyrrole nitrogens is 2. The van der Waals surface area contributed by atoms with Crippen LogP contribution < -0.4 is 11.0 Å². The highest BCUT2D eigenvalue weighted by Crippen LogP contribution is 2.16. The first-order valence-corrected chi connectivity index (χ1v) is 7.05. The molecule has 110 valence electrons. The number of aromatic nitrogens is 4. The van der Waals surface area contributed by atoms with Crippen molar-refractivity contribution in [3.8, 4) is 0 Å². The Kier molecular flexibility index (Phi) is 3.62. The zero-order valence-electron chi connectivity index (χ0n) is 12.2. The summed E-state index contributed by atoms with van der Waals surface area (Å²) in [4.78, 5) is 16.8. The molecule has 0 aliphatic heterocycles. The molecule has 3 aromatic rings. The van der Waals surface area contributed by atoms with E-state index in [2.05, 4.69) is 27.3 Å². The van der Waals surface area contributed by atoms with E-state index in [1.165, 1.54) is 0 Å². The molecule has 1 atom stereocenters. The van der Waals surface area contributed by atoms with Gasteiger partial charge in [-0.25, -0.2) is 4.79 Å². The third-order valence-corrected chi connectivity index (χ3v) is 3.64. The molecule has 1 unspecified atom stereocenters. The molecule has 0 bridgehead atoms. The van der Waals surface area contributed by atoms with Crippen molar-refractivity contribution in [2.75, 3.05) is 6.54 Å². The molecule has 21 heavy (non-hydrogen) atoms. The topological polar surface area (TPSA) is 78.5 Å². The highest BCUT2D eigenvalue weighted by molar-refractivity contribution is 5.75. The SMILES string of the molecule is CC(NCCc1ccn(C)n1)c1ccc2[nH]c(=O)[nH]c2c1. The molecule has 3 rings (SSSR count). The van der Waals surface area contributed by atoms with Crippen LogP contribution in [0.2, 0.25) is 0 Å². The number of aryl methyl sites for hydroxylation is 1. The summed E-state index contributed by atoms with van der Waals surface area (Å²) in [5.41, 5.74) is 3.75. The number of hydrogen-bond acceptors (Lipinski definition) is 3. The fourth-order valence-corrected chi connectivity index (χ4v) is 2.45. The van der Waals surface area contributed by atoms with Crippen molar-refractivity contribution in [2.24, 2.45) is 7.05 Å². The van der Waals surface area contributed by atoms with Gasteiger partial charge in [0.05, 0.1) is 16.7 Å². The van der Waals surface area contributed by atoms with Gasteiger partial charge in [0.2, 0.25) is 0 Å². The molecule has 0 spiro atoms. The summed E-state index contributed by atoms with van der Waals surface area (Å²) in [6, 6.07) is 8.22. The van der Waals surface area contributed by atoms with Crippen molar-refractivity contribution in [1.82, 2.24) is 25.1 Å². The van der Waals surface area contributed by atoms with Crippen LogP contribution >= 0.6 is 0 Å². The van der Waals surface area contributed by atoms with Crippen LogP contribution in [0.5, 0.6) is 0 Å². The minimum absolute atomic E-state index is 0.169. The highest BCUT2D eigenvalue weighted by Gasteiger charge is 2.07. The molecule has 0 saturated carbocycles. The number of benzene rings is 1. The largest absolute Gasteiger partial charge is 0.323 e. The summed E-state index contributed by atoms with van der Waals surface area (Å²) in [6.07, 6.45) is 2.85. The van der Waals surface area contributed by atoms with E-state index in [-0.39, 0.29) is 11.7 Å². The van der Waals surface area contributed by atoms with E-state index < -0.39 is 0 Å². The highest BCUT2D eigenvalue weighted by atomic mass is 16.1. The Morgan fingerprint density at radius 2 is 2.10 bits per heavy atom. The zero-order chi connectivity index (χ0) is 14.8. The van der Waals surface area contributed by atoms with Crippen LogP contribution in [0.1, 0.15) is 24.2 Å². The predicted octanol–water partition coefficient (Wildman–Crippen LogP) is 1.48. The summed E-state index contributed by atoms with van der Waals surface area (Å²) in [5, 5.41) is 7.83. The van der Waals surface area contributed by atoms with Gasteiger partial charge in [-0.2, -0.15) is 5.10 Å². The van der Waals surface area contributed by atoms with Gasteiger partial charge in [-0.15, -0.1) is 0 Å². The normalized spacial score (nSPS) is 12.9. The Morgan fingerprint density at radius 3 is 2.86 bits per heavy atom. The Labute approximate surface area is 122 Å². The van der Waals surface area contributed by atoms with Crippen LogP contribution in [0.25, 0.3) is 11.0 Å². The molecule has 3 N–H and O–H groups in total. The van der Waals surface area contributed by atoms with E-state index in [0.29, 0.717) is 0 Å². The fourth-order valence-electron chi connectivity index (χ4n) is 2.45. The van der Waals surface area contributed by atoms with Crippen LogP contribution in [0.4, 0.5) is 0 Å². The van der Waals surface area contributed by atoms with Crippen LogP contribution in [0.3, 0.4) is 0 Å². The quantitative estimate of drug-likeness (QED) is 0.664. The van der Waals surface area contributed by atoms with E-state index in [1.54, 1.807) is 0 Å². The van der Waals surface area contributed by atoms with Crippen LogP contribution in [0.15, 0.2) is 35.3 Å². The van der Waals surface area contributed by atoms with Crippen molar-refractivity contribution in [2.45, 2.75) is 19.4 Å². The van der Waals surface area contributed by atoms with Gasteiger partial charge in [-0.1, -0.05) is 6.07 Å². The van der Waals surface area contributed by atoms with Crippen molar-refractivity contribution in [1.29, 1.82) is 0 Å². The third-order valence-electron chi connectivity index (χ3n) is 3.64. The molecular formula is C15H19N5O. The van der Waals surface area contributed by atoms with Gasteiger partial charge < -0.3 is 15.3 Å². The first kappa shape index (κ1) is 13.6. The van der Waals surface area contributed by atoms with Gasteiger partial charge in [0.1, 0.15) is 0 Å². The molecule has 6 nitrogen and oxygen atoms in total. The molecule has 0 saturated heterocycles. The Balaban J connectivity index is 1.63. The van der Waals surface area contributed by atoms with Crippen LogP contribution in [0, 0.1) is 0 Å². The standard InChI is InChI=1S/C15H19N5O/c1-10(16-7-5-12-6-8-20(2)19-12)11-3-4-13-14(9-11)18-15(21)17-13/h3-4,6,8-10,16H,5,7H2,1-2H3,(H2,17,18,21). The number of hydrogen-bond donors (Lipinski definition) is 3. The van der Waals surface area contributed by atoms with Gasteiger partial charge in [0, 0.05) is 32.3 Å². The maximum atomic E-state index is 11.3. The minimum atomic E-state index is -0.169. The smallest absolute Gasteiger partial charge is 0.310 e. The maximum Gasteiger partial charge on any atom is 0.323 e. The van der Waals surface area contributed by atoms with Gasteiger partial charge in [-0.3, -0.25) is 4.68 Å². The van der Waals surface area contributed by atoms with Gasteiger partial charge in [0.15, 0.2) is 0 Å². The number of nitrogens with zero attached hydrogens (tertiary/aromatic N) is 2. The average molecular weight is 285 g/mol. The molecule has 6 heteroatoms. The Hall–Kier alpha value is -2.34. The van der Waals surface area contributed by atoms with E-state index in [9.17, 15) is 4.79 Å². The predicted molar refractivity (Wildman–Crippen MR) is 82.2 cm³/mol. The summed E-state index contributed by atoms with van der Waals surface area (Å²) >= 11 is 0. The maximum absolute atomic E-state index is 11.3. The summed E-state index contributed by atoms with van der Waals surface area (Å²) in [6.45, 7) is 2.98. The van der Waals surface area contributed by atoms with E-state index in [0.717, 1.165) is 35.3 Å². The molecule has 2 aromatic heterocycles.